The molecule has 49 heavy (non-hydrogen) atoms. The fraction of sp³-hybridized carbons (Fsp3) is 0.750. The molecule has 1 N–H and O–H groups in total. The van der Waals surface area contributed by atoms with E-state index in [2.05, 4.69) is 50.3 Å². The Balaban J connectivity index is 4.20. The van der Waals surface area contributed by atoms with Crippen LogP contribution in [0.4, 0.5) is 0 Å². The number of carbonyl (C=O) groups excluding carboxylic acids is 2. The van der Waals surface area contributed by atoms with Gasteiger partial charge in [0.05, 0.1) is 13.2 Å². The quantitative estimate of drug-likeness (QED) is 0.0300. The fourth-order valence-electron chi connectivity index (χ4n) is 5.11. The number of unbranched alkanes of at least 4 members (excludes halogenated alkanes) is 15. The number of phosphoric acid groups is 1. The van der Waals surface area contributed by atoms with Crippen molar-refractivity contribution in [2.45, 2.75) is 175 Å². The number of ether oxygens (including phenoxy) is 2. The summed E-state index contributed by atoms with van der Waals surface area (Å²) in [5.74, 6) is -0.891. The monoisotopic (exact) mass is 710 g/mol. The number of phosphoric ester groups is 1. The van der Waals surface area contributed by atoms with Crippen LogP contribution in [0.15, 0.2) is 48.6 Å². The predicted molar refractivity (Wildman–Crippen MR) is 202 cm³/mol. The van der Waals surface area contributed by atoms with Gasteiger partial charge >= 0.3 is 19.8 Å². The Hall–Kier alpha value is -1.99. The van der Waals surface area contributed by atoms with Crippen molar-refractivity contribution < 1.29 is 37.6 Å². The van der Waals surface area contributed by atoms with E-state index in [1.54, 1.807) is 6.92 Å². The minimum Gasteiger partial charge on any atom is -0.462 e. The van der Waals surface area contributed by atoms with Gasteiger partial charge in [0.2, 0.25) is 0 Å². The minimum atomic E-state index is -4.29. The average molecular weight is 711 g/mol. The number of hydrogen-bond donors (Lipinski definition) is 1. The van der Waals surface area contributed by atoms with E-state index in [0.717, 1.165) is 44.9 Å². The third kappa shape index (κ3) is 35.6. The van der Waals surface area contributed by atoms with Crippen molar-refractivity contribution in [3.8, 4) is 0 Å². The Morgan fingerprint density at radius 2 is 1.04 bits per heavy atom. The van der Waals surface area contributed by atoms with Gasteiger partial charge in [0.25, 0.3) is 0 Å². The molecule has 0 aliphatic carbocycles. The van der Waals surface area contributed by atoms with Crippen LogP contribution in [-0.2, 0) is 32.7 Å². The van der Waals surface area contributed by atoms with Crippen LogP contribution < -0.4 is 0 Å². The molecule has 0 amide bonds. The van der Waals surface area contributed by atoms with Crippen LogP contribution in [0.1, 0.15) is 168 Å². The second kappa shape index (κ2) is 35.8. The molecular formula is C40H71O8P. The van der Waals surface area contributed by atoms with E-state index in [-0.39, 0.29) is 32.0 Å². The summed E-state index contributed by atoms with van der Waals surface area (Å²) in [6, 6.07) is 0. The van der Waals surface area contributed by atoms with Crippen LogP contribution in [0.3, 0.4) is 0 Å². The van der Waals surface area contributed by atoms with Gasteiger partial charge in [-0.25, -0.2) is 4.57 Å². The Morgan fingerprint density at radius 1 is 0.571 bits per heavy atom. The van der Waals surface area contributed by atoms with Crippen LogP contribution in [-0.4, -0.2) is 42.8 Å². The molecule has 0 radical (unpaired) electrons. The molecule has 0 bridgehead atoms. The number of esters is 2. The van der Waals surface area contributed by atoms with E-state index in [1.807, 2.05) is 12.2 Å². The topological polar surface area (TPSA) is 108 Å². The third-order valence-electron chi connectivity index (χ3n) is 7.91. The van der Waals surface area contributed by atoms with Gasteiger partial charge in [-0.3, -0.25) is 18.6 Å². The Kier molecular flexibility index (Phi) is 34.4. The maximum atomic E-state index is 12.4. The first-order valence-electron chi connectivity index (χ1n) is 19.4. The molecule has 284 valence electrons. The summed E-state index contributed by atoms with van der Waals surface area (Å²) in [7, 11) is -4.29. The average Bonchev–Trinajstić information content (AvgIpc) is 3.07. The van der Waals surface area contributed by atoms with Crippen LogP contribution in [0.25, 0.3) is 0 Å². The number of rotatable bonds is 35. The Bertz CT molecular complexity index is 943. The molecule has 2 unspecified atom stereocenters. The molecule has 0 saturated heterocycles. The van der Waals surface area contributed by atoms with Crippen LogP contribution in [0.5, 0.6) is 0 Å². The highest BCUT2D eigenvalue weighted by Gasteiger charge is 2.25. The number of allylic oxidation sites excluding steroid dienone is 8. The molecule has 0 spiro atoms. The fourth-order valence-corrected chi connectivity index (χ4v) is 5.87. The normalized spacial score (nSPS) is 14.0. The second-order valence-electron chi connectivity index (χ2n) is 12.6. The molecule has 0 rings (SSSR count). The summed E-state index contributed by atoms with van der Waals surface area (Å²) in [4.78, 5) is 34.5. The molecule has 0 aliphatic rings. The van der Waals surface area contributed by atoms with Crippen LogP contribution in [0, 0.1) is 0 Å². The zero-order valence-electron chi connectivity index (χ0n) is 31.3. The summed E-state index contributed by atoms with van der Waals surface area (Å²) in [5, 5.41) is 0. The number of hydrogen-bond acceptors (Lipinski definition) is 7. The van der Waals surface area contributed by atoms with Crippen molar-refractivity contribution in [3.63, 3.8) is 0 Å². The SMILES string of the molecule is CC/C=C\C/C=C\C/C=C\C/C=C\CCC(=O)OC(COC(=O)CCCCCCCCCCCCCCCCCC)COP(=O)(O)OCC. The standard InChI is InChI=1S/C40H71O8P/c1-4-7-9-11-13-15-17-19-20-21-23-24-26-28-30-32-34-39(41)45-36-38(37-47-49(43,44)46-6-3)48-40(42)35-33-31-29-27-25-22-18-16-14-12-10-8-5-2/h8,10,14,16,22,25,29,31,38H,4-7,9,11-13,15,17-21,23-24,26-28,30,32-37H2,1-3H3,(H,43,44)/b10-8-,16-14-,25-22-,31-29-. The van der Waals surface area contributed by atoms with Gasteiger partial charge in [0.1, 0.15) is 6.61 Å². The van der Waals surface area contributed by atoms with Crippen LogP contribution in [0.2, 0.25) is 0 Å². The van der Waals surface area contributed by atoms with Gasteiger partial charge in [-0.2, -0.15) is 0 Å². The molecule has 0 heterocycles. The molecule has 0 fully saturated rings. The summed E-state index contributed by atoms with van der Waals surface area (Å²) >= 11 is 0. The zero-order chi connectivity index (χ0) is 36.1. The second-order valence-corrected chi connectivity index (χ2v) is 14.0. The molecule has 0 aromatic carbocycles. The lowest BCUT2D eigenvalue weighted by Gasteiger charge is -2.19. The molecule has 0 aromatic heterocycles. The van der Waals surface area contributed by atoms with E-state index < -0.39 is 26.5 Å². The van der Waals surface area contributed by atoms with Gasteiger partial charge in [-0.15, -0.1) is 0 Å². The molecule has 9 heteroatoms. The summed E-state index contributed by atoms with van der Waals surface area (Å²) < 4.78 is 32.4. The zero-order valence-corrected chi connectivity index (χ0v) is 32.2. The smallest absolute Gasteiger partial charge is 0.462 e. The molecule has 2 atom stereocenters. The summed E-state index contributed by atoms with van der Waals surface area (Å²) in [6.45, 7) is 5.27. The first-order valence-corrected chi connectivity index (χ1v) is 20.9. The van der Waals surface area contributed by atoms with Crippen molar-refractivity contribution in [2.24, 2.45) is 0 Å². The van der Waals surface area contributed by atoms with Crippen LogP contribution >= 0.6 is 7.82 Å². The van der Waals surface area contributed by atoms with E-state index in [9.17, 15) is 19.0 Å². The molecule has 0 saturated carbocycles. The van der Waals surface area contributed by atoms with Crippen molar-refractivity contribution >= 4 is 19.8 Å². The maximum Gasteiger partial charge on any atom is 0.472 e. The van der Waals surface area contributed by atoms with E-state index in [1.165, 1.54) is 83.5 Å². The van der Waals surface area contributed by atoms with Crippen molar-refractivity contribution in [1.82, 2.24) is 0 Å². The van der Waals surface area contributed by atoms with Crippen molar-refractivity contribution in [3.05, 3.63) is 48.6 Å². The first kappa shape index (κ1) is 47.0. The highest BCUT2D eigenvalue weighted by molar-refractivity contribution is 7.47. The van der Waals surface area contributed by atoms with Crippen molar-refractivity contribution in [1.29, 1.82) is 0 Å². The largest absolute Gasteiger partial charge is 0.472 e. The Morgan fingerprint density at radius 3 is 1.53 bits per heavy atom. The van der Waals surface area contributed by atoms with Gasteiger partial charge in [0.15, 0.2) is 6.10 Å². The predicted octanol–water partition coefficient (Wildman–Crippen LogP) is 11.8. The molecule has 8 nitrogen and oxygen atoms in total. The van der Waals surface area contributed by atoms with Gasteiger partial charge in [-0.1, -0.05) is 159 Å². The molecule has 0 aliphatic heterocycles. The highest BCUT2D eigenvalue weighted by atomic mass is 31.2. The van der Waals surface area contributed by atoms with E-state index in [0.29, 0.717) is 6.42 Å². The van der Waals surface area contributed by atoms with E-state index >= 15 is 0 Å². The third-order valence-corrected chi connectivity index (χ3v) is 8.97. The van der Waals surface area contributed by atoms with Crippen molar-refractivity contribution in [2.75, 3.05) is 19.8 Å². The summed E-state index contributed by atoms with van der Waals surface area (Å²) in [5.41, 5.74) is 0. The highest BCUT2D eigenvalue weighted by Crippen LogP contribution is 2.43. The lowest BCUT2D eigenvalue weighted by molar-refractivity contribution is -0.161. The lowest BCUT2D eigenvalue weighted by atomic mass is 10.0. The Labute approximate surface area is 299 Å². The maximum absolute atomic E-state index is 12.4. The number of carbonyl (C=O) groups is 2. The van der Waals surface area contributed by atoms with Gasteiger partial charge < -0.3 is 14.4 Å². The molecule has 0 aromatic rings. The van der Waals surface area contributed by atoms with Gasteiger partial charge in [-0.05, 0) is 45.4 Å². The van der Waals surface area contributed by atoms with E-state index in [4.69, 9.17) is 18.5 Å². The lowest BCUT2D eigenvalue weighted by Crippen LogP contribution is -2.29. The first-order chi connectivity index (χ1) is 23.8. The summed E-state index contributed by atoms with van der Waals surface area (Å²) in [6.07, 6.45) is 40.4. The molecular weight excluding hydrogens is 639 g/mol. The minimum absolute atomic E-state index is 0.0125. The van der Waals surface area contributed by atoms with Gasteiger partial charge in [0, 0.05) is 12.8 Å².